The monoisotopic (exact) mass is 275 g/mol. The molecule has 0 atom stereocenters. The summed E-state index contributed by atoms with van der Waals surface area (Å²) in [4.78, 5) is 24.4. The van der Waals surface area contributed by atoms with Crippen LogP contribution in [0.2, 0.25) is 0 Å². The minimum absolute atomic E-state index is 0.0453. The van der Waals surface area contributed by atoms with Gasteiger partial charge in [0, 0.05) is 31.8 Å². The molecule has 0 aromatic rings. The quantitative estimate of drug-likeness (QED) is 0.858. The van der Waals surface area contributed by atoms with Gasteiger partial charge < -0.3 is 10.0 Å². The number of carbonyl (C=O) groups excluding carboxylic acids is 1. The van der Waals surface area contributed by atoms with Gasteiger partial charge in [0.15, 0.2) is 0 Å². The van der Waals surface area contributed by atoms with Gasteiger partial charge in [-0.1, -0.05) is 0 Å². The van der Waals surface area contributed by atoms with Gasteiger partial charge in [-0.05, 0) is 25.7 Å². The second-order valence-electron chi connectivity index (χ2n) is 5.74. The molecule has 2 fully saturated rings. The van der Waals surface area contributed by atoms with E-state index in [2.05, 4.69) is 0 Å². The Bertz CT molecular complexity index is 370. The molecular formula is C13H19F2NO3. The van der Waals surface area contributed by atoms with Crippen molar-refractivity contribution in [1.29, 1.82) is 0 Å². The van der Waals surface area contributed by atoms with Gasteiger partial charge in [0.1, 0.15) is 0 Å². The number of carboxylic acid groups (broad SMARTS) is 1. The number of hydrogen-bond acceptors (Lipinski definition) is 2. The van der Waals surface area contributed by atoms with Gasteiger partial charge in [-0.2, -0.15) is 0 Å². The van der Waals surface area contributed by atoms with Gasteiger partial charge >= 0.3 is 5.97 Å². The number of alkyl halides is 2. The van der Waals surface area contributed by atoms with Crippen LogP contribution in [0.5, 0.6) is 0 Å². The van der Waals surface area contributed by atoms with Crippen LogP contribution in [0.25, 0.3) is 0 Å². The normalized spacial score (nSPS) is 30.5. The van der Waals surface area contributed by atoms with Gasteiger partial charge in [-0.25, -0.2) is 8.78 Å². The first kappa shape index (κ1) is 14.2. The van der Waals surface area contributed by atoms with Crippen LogP contribution >= 0.6 is 0 Å². The van der Waals surface area contributed by atoms with Crippen LogP contribution < -0.4 is 0 Å². The van der Waals surface area contributed by atoms with Crippen molar-refractivity contribution in [2.45, 2.75) is 50.5 Å². The summed E-state index contributed by atoms with van der Waals surface area (Å²) in [5.74, 6) is -4.25. The summed E-state index contributed by atoms with van der Waals surface area (Å²) in [5, 5.41) is 8.79. The highest BCUT2D eigenvalue weighted by Gasteiger charge is 2.42. The SMILES string of the molecule is CN(C(=O)C1CCC(F)(F)CC1)C1CC(C(=O)O)C1. The van der Waals surface area contributed by atoms with E-state index in [1.54, 1.807) is 11.9 Å². The van der Waals surface area contributed by atoms with Crippen molar-refractivity contribution in [2.24, 2.45) is 11.8 Å². The summed E-state index contributed by atoms with van der Waals surface area (Å²) in [7, 11) is 1.65. The fraction of sp³-hybridized carbons (Fsp3) is 0.846. The number of rotatable bonds is 3. The predicted molar refractivity (Wildman–Crippen MR) is 63.8 cm³/mol. The van der Waals surface area contributed by atoms with E-state index in [1.807, 2.05) is 0 Å². The van der Waals surface area contributed by atoms with Crippen LogP contribution in [0.4, 0.5) is 8.78 Å². The molecule has 4 nitrogen and oxygen atoms in total. The molecule has 0 bridgehead atoms. The lowest BCUT2D eigenvalue weighted by molar-refractivity contribution is -0.152. The summed E-state index contributed by atoms with van der Waals surface area (Å²) in [6, 6.07) is -0.0453. The van der Waals surface area contributed by atoms with E-state index in [9.17, 15) is 18.4 Å². The molecular weight excluding hydrogens is 256 g/mol. The first-order chi connectivity index (χ1) is 8.80. The van der Waals surface area contributed by atoms with Crippen LogP contribution in [0, 0.1) is 11.8 Å². The van der Waals surface area contributed by atoms with Gasteiger partial charge in [-0.3, -0.25) is 9.59 Å². The Hall–Kier alpha value is -1.20. The maximum atomic E-state index is 13.0. The maximum absolute atomic E-state index is 13.0. The van der Waals surface area contributed by atoms with E-state index in [-0.39, 0.29) is 49.5 Å². The van der Waals surface area contributed by atoms with E-state index in [0.29, 0.717) is 12.8 Å². The molecule has 2 aliphatic rings. The lowest BCUT2D eigenvalue weighted by Crippen LogP contribution is -2.50. The number of amides is 1. The number of carbonyl (C=O) groups is 2. The molecule has 0 aromatic heterocycles. The largest absolute Gasteiger partial charge is 0.481 e. The zero-order valence-corrected chi connectivity index (χ0v) is 10.9. The lowest BCUT2D eigenvalue weighted by Gasteiger charge is -2.41. The summed E-state index contributed by atoms with van der Waals surface area (Å²) >= 11 is 0. The van der Waals surface area contributed by atoms with Crippen molar-refractivity contribution in [3.05, 3.63) is 0 Å². The molecule has 0 radical (unpaired) electrons. The zero-order valence-electron chi connectivity index (χ0n) is 10.9. The fourth-order valence-electron chi connectivity index (χ4n) is 2.86. The highest BCUT2D eigenvalue weighted by molar-refractivity contribution is 5.79. The molecule has 6 heteroatoms. The smallest absolute Gasteiger partial charge is 0.306 e. The predicted octanol–water partition coefficient (Wildman–Crippen LogP) is 2.13. The van der Waals surface area contributed by atoms with Crippen LogP contribution in [-0.2, 0) is 9.59 Å². The number of halogens is 2. The molecule has 0 heterocycles. The number of aliphatic carboxylic acids is 1. The van der Waals surface area contributed by atoms with Crippen LogP contribution in [-0.4, -0.2) is 40.9 Å². The van der Waals surface area contributed by atoms with Crippen LogP contribution in [0.1, 0.15) is 38.5 Å². The Morgan fingerprint density at radius 1 is 1.16 bits per heavy atom. The third-order valence-electron chi connectivity index (χ3n) is 4.42. The van der Waals surface area contributed by atoms with Crippen molar-refractivity contribution in [3.63, 3.8) is 0 Å². The third kappa shape index (κ3) is 3.04. The molecule has 2 saturated carbocycles. The molecule has 0 saturated heterocycles. The maximum Gasteiger partial charge on any atom is 0.306 e. The summed E-state index contributed by atoms with van der Waals surface area (Å²) < 4.78 is 26.1. The standard InChI is InChI=1S/C13H19F2NO3/c1-16(10-6-9(7-10)12(18)19)11(17)8-2-4-13(14,15)5-3-8/h8-10H,2-7H2,1H3,(H,18,19). The minimum Gasteiger partial charge on any atom is -0.481 e. The molecule has 1 amide bonds. The fourth-order valence-corrected chi connectivity index (χ4v) is 2.86. The molecule has 0 aliphatic heterocycles. The van der Waals surface area contributed by atoms with Crippen molar-refractivity contribution in [2.75, 3.05) is 7.05 Å². The first-order valence-electron chi connectivity index (χ1n) is 6.67. The van der Waals surface area contributed by atoms with Gasteiger partial charge in [0.05, 0.1) is 5.92 Å². The molecule has 108 valence electrons. The van der Waals surface area contributed by atoms with E-state index >= 15 is 0 Å². The molecule has 0 aromatic carbocycles. The van der Waals surface area contributed by atoms with Crippen LogP contribution in [0.15, 0.2) is 0 Å². The molecule has 2 rings (SSSR count). The molecule has 2 aliphatic carbocycles. The number of hydrogen-bond donors (Lipinski definition) is 1. The highest BCUT2D eigenvalue weighted by Crippen LogP contribution is 2.38. The number of carboxylic acids is 1. The van der Waals surface area contributed by atoms with Crippen molar-refractivity contribution >= 4 is 11.9 Å². The Morgan fingerprint density at radius 3 is 2.16 bits per heavy atom. The Balaban J connectivity index is 1.82. The molecule has 19 heavy (non-hydrogen) atoms. The lowest BCUT2D eigenvalue weighted by atomic mass is 9.78. The molecule has 0 spiro atoms. The van der Waals surface area contributed by atoms with E-state index < -0.39 is 11.9 Å². The van der Waals surface area contributed by atoms with Crippen LogP contribution in [0.3, 0.4) is 0 Å². The van der Waals surface area contributed by atoms with E-state index in [4.69, 9.17) is 5.11 Å². The average molecular weight is 275 g/mol. The van der Waals surface area contributed by atoms with Gasteiger partial charge in [0.2, 0.25) is 11.8 Å². The molecule has 0 unspecified atom stereocenters. The molecule has 1 N–H and O–H groups in total. The van der Waals surface area contributed by atoms with Gasteiger partial charge in [0.25, 0.3) is 0 Å². The van der Waals surface area contributed by atoms with E-state index in [0.717, 1.165) is 0 Å². The van der Waals surface area contributed by atoms with E-state index in [1.165, 1.54) is 0 Å². The minimum atomic E-state index is -2.62. The second-order valence-corrected chi connectivity index (χ2v) is 5.74. The highest BCUT2D eigenvalue weighted by atomic mass is 19.3. The topological polar surface area (TPSA) is 57.6 Å². The van der Waals surface area contributed by atoms with Crippen molar-refractivity contribution in [3.8, 4) is 0 Å². The van der Waals surface area contributed by atoms with Gasteiger partial charge in [-0.15, -0.1) is 0 Å². The summed E-state index contributed by atoms with van der Waals surface area (Å²) in [5.41, 5.74) is 0. The van der Waals surface area contributed by atoms with Crippen molar-refractivity contribution in [1.82, 2.24) is 4.90 Å². The Labute approximate surface area is 110 Å². The first-order valence-corrected chi connectivity index (χ1v) is 6.67. The zero-order chi connectivity index (χ0) is 14.2. The summed E-state index contributed by atoms with van der Waals surface area (Å²) in [6.45, 7) is 0. The number of nitrogens with zero attached hydrogens (tertiary/aromatic N) is 1. The average Bonchev–Trinajstić information content (AvgIpc) is 2.25. The van der Waals surface area contributed by atoms with Crippen molar-refractivity contribution < 1.29 is 23.5 Å². The second kappa shape index (κ2) is 5.06. The Morgan fingerprint density at radius 2 is 1.68 bits per heavy atom. The third-order valence-corrected chi connectivity index (χ3v) is 4.42. The Kier molecular flexibility index (Phi) is 3.78. The summed E-state index contributed by atoms with van der Waals surface area (Å²) in [6.07, 6.45) is 0.955.